The summed E-state index contributed by atoms with van der Waals surface area (Å²) in [5.41, 5.74) is 1.92. The highest BCUT2D eigenvalue weighted by Gasteiger charge is 2.39. The van der Waals surface area contributed by atoms with Crippen molar-refractivity contribution in [2.24, 2.45) is 5.92 Å². The third-order valence-electron chi connectivity index (χ3n) is 5.04. The van der Waals surface area contributed by atoms with Gasteiger partial charge in [0.1, 0.15) is 5.75 Å². The van der Waals surface area contributed by atoms with Crippen molar-refractivity contribution in [3.05, 3.63) is 41.0 Å². The molecule has 0 saturated carbocycles. The van der Waals surface area contributed by atoms with Crippen molar-refractivity contribution in [1.29, 1.82) is 0 Å². The van der Waals surface area contributed by atoms with E-state index in [4.69, 9.17) is 9.16 Å². The van der Waals surface area contributed by atoms with Crippen LogP contribution in [0.5, 0.6) is 5.75 Å². The number of ether oxygens (including phenoxy) is 1. The highest BCUT2D eigenvalue weighted by atomic mass is 28.4. The third kappa shape index (κ3) is 4.21. The Morgan fingerprint density at radius 2 is 1.60 bits per heavy atom. The van der Waals surface area contributed by atoms with E-state index in [1.165, 1.54) is 0 Å². The van der Waals surface area contributed by atoms with Gasteiger partial charge in [-0.05, 0) is 41.7 Å². The van der Waals surface area contributed by atoms with Gasteiger partial charge in [-0.15, -0.1) is 0 Å². The number of rotatable bonds is 5. The zero-order chi connectivity index (χ0) is 19.0. The molecule has 25 heavy (non-hydrogen) atoms. The molecule has 0 bridgehead atoms. The van der Waals surface area contributed by atoms with Crippen LogP contribution >= 0.6 is 0 Å². The fraction of sp³-hybridized carbons (Fsp3) is 0.500. The molecular formula is C20H28O4Si. The van der Waals surface area contributed by atoms with Crippen molar-refractivity contribution in [3.63, 3.8) is 0 Å². The molecule has 1 aromatic rings. The van der Waals surface area contributed by atoms with Crippen molar-refractivity contribution in [2.45, 2.75) is 59.2 Å². The first-order valence-electron chi connectivity index (χ1n) is 8.70. The van der Waals surface area contributed by atoms with Crippen LogP contribution in [-0.4, -0.2) is 20.3 Å². The number of hydrogen-bond donors (Lipinski definition) is 0. The Morgan fingerprint density at radius 3 is 2.08 bits per heavy atom. The van der Waals surface area contributed by atoms with E-state index in [2.05, 4.69) is 33.9 Å². The Bertz CT molecular complexity index is 706. The minimum Gasteiger partial charge on any atom is -0.544 e. The van der Waals surface area contributed by atoms with Crippen molar-refractivity contribution >= 4 is 20.3 Å². The molecule has 0 N–H and O–H groups in total. The first-order valence-corrected chi connectivity index (χ1v) is 11.6. The van der Waals surface area contributed by atoms with E-state index in [-0.39, 0.29) is 11.0 Å². The van der Waals surface area contributed by atoms with Crippen molar-refractivity contribution < 1.29 is 18.8 Å². The first kappa shape index (κ1) is 19.4. The van der Waals surface area contributed by atoms with E-state index in [9.17, 15) is 9.59 Å². The Morgan fingerprint density at radius 1 is 1.04 bits per heavy atom. The second-order valence-electron chi connectivity index (χ2n) is 8.41. The van der Waals surface area contributed by atoms with Crippen LogP contribution in [0.3, 0.4) is 0 Å². The maximum Gasteiger partial charge on any atom is 0.342 e. The molecule has 4 nitrogen and oxygen atoms in total. The summed E-state index contributed by atoms with van der Waals surface area (Å²) in [7, 11) is -1.87. The van der Waals surface area contributed by atoms with E-state index < -0.39 is 20.3 Å². The molecule has 0 aromatic heterocycles. The molecule has 1 aliphatic heterocycles. The third-order valence-corrected chi connectivity index (χ3v) is 9.40. The van der Waals surface area contributed by atoms with Gasteiger partial charge in [0.05, 0.1) is 11.1 Å². The first-order chi connectivity index (χ1) is 11.4. The second kappa shape index (κ2) is 6.79. The molecule has 0 unspecified atom stereocenters. The fourth-order valence-electron chi connectivity index (χ4n) is 2.51. The summed E-state index contributed by atoms with van der Waals surface area (Å²) >= 11 is 0. The quantitative estimate of drug-likeness (QED) is 0.436. The predicted octanol–water partition coefficient (Wildman–Crippen LogP) is 4.65. The van der Waals surface area contributed by atoms with Gasteiger partial charge in [0, 0.05) is 6.42 Å². The van der Waals surface area contributed by atoms with Gasteiger partial charge in [-0.25, -0.2) is 9.59 Å². The van der Waals surface area contributed by atoms with Gasteiger partial charge in [0.25, 0.3) is 0 Å². The molecule has 0 atom stereocenters. The summed E-state index contributed by atoms with van der Waals surface area (Å²) in [6.45, 7) is 14.8. The van der Waals surface area contributed by atoms with E-state index >= 15 is 0 Å². The average molecular weight is 361 g/mol. The lowest BCUT2D eigenvalue weighted by Gasteiger charge is -2.36. The van der Waals surface area contributed by atoms with Gasteiger partial charge in [0.15, 0.2) is 0 Å². The Labute approximate surface area is 151 Å². The largest absolute Gasteiger partial charge is 0.544 e. The van der Waals surface area contributed by atoms with Crippen molar-refractivity contribution in [2.75, 3.05) is 0 Å². The van der Waals surface area contributed by atoms with Gasteiger partial charge in [-0.3, -0.25) is 0 Å². The number of benzene rings is 1. The number of carbonyl (C=O) groups excluding carboxylic acids is 2. The van der Waals surface area contributed by atoms with E-state index in [0.29, 0.717) is 17.6 Å². The van der Waals surface area contributed by atoms with Crippen LogP contribution in [0, 0.1) is 5.92 Å². The topological polar surface area (TPSA) is 52.6 Å². The van der Waals surface area contributed by atoms with Crippen LogP contribution in [0.1, 0.15) is 40.2 Å². The molecule has 2 rings (SSSR count). The maximum absolute atomic E-state index is 11.9. The molecule has 1 heterocycles. The number of cyclic esters (lactones) is 2. The lowest BCUT2D eigenvalue weighted by molar-refractivity contribution is -0.151. The SMILES string of the molecule is CC(C)C1=C(Cc2ccc(O[Si](C)(C)C(C)(C)C)cc2)C(=O)OC1=O. The maximum atomic E-state index is 11.9. The monoisotopic (exact) mass is 360 g/mol. The van der Waals surface area contributed by atoms with Crippen LogP contribution in [0.4, 0.5) is 0 Å². The molecule has 1 aliphatic rings. The van der Waals surface area contributed by atoms with Crippen LogP contribution in [0.15, 0.2) is 35.4 Å². The lowest BCUT2D eigenvalue weighted by Crippen LogP contribution is -2.43. The molecule has 136 valence electrons. The fourth-order valence-corrected chi connectivity index (χ4v) is 3.54. The van der Waals surface area contributed by atoms with E-state index in [1.54, 1.807) is 0 Å². The van der Waals surface area contributed by atoms with Gasteiger partial charge in [-0.1, -0.05) is 46.8 Å². The Kier molecular flexibility index (Phi) is 5.28. The normalized spacial score (nSPS) is 15.8. The second-order valence-corrected chi connectivity index (χ2v) is 13.1. The van der Waals surface area contributed by atoms with Crippen LogP contribution in [0.2, 0.25) is 18.1 Å². The lowest BCUT2D eigenvalue weighted by atomic mass is 9.94. The molecular weight excluding hydrogens is 332 g/mol. The predicted molar refractivity (Wildman–Crippen MR) is 101 cm³/mol. The van der Waals surface area contributed by atoms with Crippen LogP contribution in [0.25, 0.3) is 0 Å². The summed E-state index contributed by atoms with van der Waals surface area (Å²) in [4.78, 5) is 23.8. The van der Waals surface area contributed by atoms with Crippen LogP contribution in [-0.2, 0) is 20.7 Å². The highest BCUT2D eigenvalue weighted by molar-refractivity contribution is 6.74. The smallest absolute Gasteiger partial charge is 0.342 e. The molecule has 0 radical (unpaired) electrons. The number of esters is 2. The zero-order valence-electron chi connectivity index (χ0n) is 16.2. The van der Waals surface area contributed by atoms with Gasteiger partial charge >= 0.3 is 11.9 Å². The van der Waals surface area contributed by atoms with Gasteiger partial charge in [-0.2, -0.15) is 0 Å². The number of hydrogen-bond acceptors (Lipinski definition) is 4. The summed E-state index contributed by atoms with van der Waals surface area (Å²) in [5.74, 6) is -0.211. The number of carbonyl (C=O) groups is 2. The molecule has 0 saturated heterocycles. The van der Waals surface area contributed by atoms with Gasteiger partial charge < -0.3 is 9.16 Å². The Balaban J connectivity index is 2.18. The van der Waals surface area contributed by atoms with Crippen molar-refractivity contribution in [1.82, 2.24) is 0 Å². The van der Waals surface area contributed by atoms with E-state index in [0.717, 1.165) is 11.3 Å². The van der Waals surface area contributed by atoms with Gasteiger partial charge in [0.2, 0.25) is 8.32 Å². The average Bonchev–Trinajstić information content (AvgIpc) is 2.73. The zero-order valence-corrected chi connectivity index (χ0v) is 17.2. The summed E-state index contributed by atoms with van der Waals surface area (Å²) in [6.07, 6.45) is 0.401. The highest BCUT2D eigenvalue weighted by Crippen LogP contribution is 2.37. The van der Waals surface area contributed by atoms with Crippen molar-refractivity contribution in [3.8, 4) is 5.75 Å². The minimum atomic E-state index is -1.87. The minimum absolute atomic E-state index is 0.0323. The summed E-state index contributed by atoms with van der Waals surface area (Å²) in [5, 5.41) is 0.136. The van der Waals surface area contributed by atoms with Crippen LogP contribution < -0.4 is 4.43 Å². The molecule has 0 aliphatic carbocycles. The molecule has 1 aromatic carbocycles. The standard InChI is InChI=1S/C20H28O4Si/c1-13(2)17-16(18(21)23-19(17)22)12-14-8-10-15(11-9-14)24-25(6,7)20(3,4)5/h8-11,13H,12H2,1-7H3. The molecule has 0 amide bonds. The Hall–Kier alpha value is -1.88. The summed E-state index contributed by atoms with van der Waals surface area (Å²) in [6, 6.07) is 7.77. The van der Waals surface area contributed by atoms with E-state index in [1.807, 2.05) is 38.1 Å². The molecule has 0 spiro atoms. The molecule has 5 heteroatoms. The molecule has 0 fully saturated rings. The summed E-state index contributed by atoms with van der Waals surface area (Å²) < 4.78 is 11.0.